The van der Waals surface area contributed by atoms with Gasteiger partial charge < -0.3 is 9.47 Å². The number of hydrogen-bond acceptors (Lipinski definition) is 3. The van der Waals surface area contributed by atoms with E-state index in [9.17, 15) is 4.79 Å². The van der Waals surface area contributed by atoms with Gasteiger partial charge in [0, 0.05) is 5.92 Å². The second-order valence-electron chi connectivity index (χ2n) is 4.89. The fraction of sp³-hybridized carbons (Fsp3) is 0.500. The molecule has 0 bridgehead atoms. The zero-order chi connectivity index (χ0) is 11.9. The Hall–Kier alpha value is -1.51. The van der Waals surface area contributed by atoms with Crippen LogP contribution in [0.2, 0.25) is 0 Å². The van der Waals surface area contributed by atoms with E-state index in [4.69, 9.17) is 9.47 Å². The molecule has 3 rings (SSSR count). The van der Waals surface area contributed by atoms with Crippen molar-refractivity contribution in [3.05, 3.63) is 29.8 Å². The van der Waals surface area contributed by atoms with E-state index in [1.165, 1.54) is 0 Å². The van der Waals surface area contributed by atoms with E-state index < -0.39 is 0 Å². The van der Waals surface area contributed by atoms with E-state index in [1.54, 1.807) is 7.11 Å². The van der Waals surface area contributed by atoms with Crippen LogP contribution in [0, 0.1) is 5.92 Å². The van der Waals surface area contributed by atoms with Gasteiger partial charge in [0.25, 0.3) is 0 Å². The molecule has 0 N–H and O–H groups in total. The SMILES string of the molecule is COc1ccc([C@]23CCC[C@@H]2CC(=O)O3)cc1. The molecule has 1 aliphatic heterocycles. The van der Waals surface area contributed by atoms with Crippen LogP contribution < -0.4 is 4.74 Å². The van der Waals surface area contributed by atoms with Crippen molar-refractivity contribution in [2.45, 2.75) is 31.3 Å². The number of hydrogen-bond donors (Lipinski definition) is 0. The highest BCUT2D eigenvalue weighted by molar-refractivity contribution is 5.73. The van der Waals surface area contributed by atoms with Crippen molar-refractivity contribution in [1.82, 2.24) is 0 Å². The van der Waals surface area contributed by atoms with Crippen molar-refractivity contribution in [2.75, 3.05) is 7.11 Å². The van der Waals surface area contributed by atoms with E-state index in [-0.39, 0.29) is 11.6 Å². The molecule has 0 aromatic heterocycles. The summed E-state index contributed by atoms with van der Waals surface area (Å²) in [7, 11) is 1.65. The molecule has 2 atom stereocenters. The standard InChI is InChI=1S/C14H16O3/c1-16-12-6-4-10(5-7-12)14-8-2-3-11(14)9-13(15)17-14/h4-7,11H,2-3,8-9H2,1H3/t11-,14-/m1/s1. The van der Waals surface area contributed by atoms with Gasteiger partial charge >= 0.3 is 5.97 Å². The van der Waals surface area contributed by atoms with Crippen molar-refractivity contribution in [3.63, 3.8) is 0 Å². The molecule has 1 aromatic carbocycles. The highest BCUT2D eigenvalue weighted by atomic mass is 16.6. The topological polar surface area (TPSA) is 35.5 Å². The van der Waals surface area contributed by atoms with Gasteiger partial charge in [-0.15, -0.1) is 0 Å². The molecule has 3 nitrogen and oxygen atoms in total. The summed E-state index contributed by atoms with van der Waals surface area (Å²) < 4.78 is 10.8. The Labute approximate surface area is 101 Å². The van der Waals surface area contributed by atoms with Gasteiger partial charge in [-0.1, -0.05) is 12.1 Å². The summed E-state index contributed by atoms with van der Waals surface area (Å²) in [5.41, 5.74) is 0.773. The molecule has 0 amide bonds. The van der Waals surface area contributed by atoms with Gasteiger partial charge in [-0.3, -0.25) is 4.79 Å². The van der Waals surface area contributed by atoms with E-state index >= 15 is 0 Å². The van der Waals surface area contributed by atoms with Crippen LogP contribution in [-0.4, -0.2) is 13.1 Å². The van der Waals surface area contributed by atoms with Crippen molar-refractivity contribution < 1.29 is 14.3 Å². The highest BCUT2D eigenvalue weighted by Gasteiger charge is 2.53. The first-order valence-electron chi connectivity index (χ1n) is 6.11. The number of esters is 1. The summed E-state index contributed by atoms with van der Waals surface area (Å²) in [4.78, 5) is 11.5. The second kappa shape index (κ2) is 3.76. The third-order valence-corrected chi connectivity index (χ3v) is 4.05. The van der Waals surface area contributed by atoms with E-state index in [1.807, 2.05) is 24.3 Å². The first-order chi connectivity index (χ1) is 8.24. The Morgan fingerprint density at radius 2 is 2.12 bits per heavy atom. The second-order valence-corrected chi connectivity index (χ2v) is 4.89. The molecule has 0 radical (unpaired) electrons. The number of fused-ring (bicyclic) bond motifs is 1. The van der Waals surface area contributed by atoms with Gasteiger partial charge in [0.2, 0.25) is 0 Å². The maximum Gasteiger partial charge on any atom is 0.307 e. The third kappa shape index (κ3) is 1.53. The quantitative estimate of drug-likeness (QED) is 0.735. The lowest BCUT2D eigenvalue weighted by molar-refractivity contribution is -0.149. The van der Waals surface area contributed by atoms with Gasteiger partial charge in [0.15, 0.2) is 0 Å². The monoisotopic (exact) mass is 232 g/mol. The summed E-state index contributed by atoms with van der Waals surface area (Å²) in [5, 5.41) is 0. The molecular weight excluding hydrogens is 216 g/mol. The molecule has 1 saturated heterocycles. The summed E-state index contributed by atoms with van der Waals surface area (Å²) in [5.74, 6) is 1.15. The molecule has 2 aliphatic rings. The minimum atomic E-state index is -0.344. The Morgan fingerprint density at radius 1 is 1.35 bits per heavy atom. The number of benzene rings is 1. The van der Waals surface area contributed by atoms with Gasteiger partial charge in [-0.2, -0.15) is 0 Å². The summed E-state index contributed by atoms with van der Waals surface area (Å²) in [6.45, 7) is 0. The summed E-state index contributed by atoms with van der Waals surface area (Å²) in [6.07, 6.45) is 3.77. The fourth-order valence-electron chi connectivity index (χ4n) is 3.21. The van der Waals surface area contributed by atoms with Crippen LogP contribution in [0.5, 0.6) is 5.75 Å². The average molecular weight is 232 g/mol. The Bertz CT molecular complexity index is 437. The lowest BCUT2D eigenvalue weighted by Crippen LogP contribution is -2.27. The highest BCUT2D eigenvalue weighted by Crippen LogP contribution is 2.52. The summed E-state index contributed by atoms with van der Waals surface area (Å²) in [6, 6.07) is 7.92. The maximum absolute atomic E-state index is 11.5. The molecule has 2 fully saturated rings. The predicted octanol–water partition coefficient (Wildman–Crippen LogP) is 2.64. The zero-order valence-electron chi connectivity index (χ0n) is 9.94. The molecule has 1 heterocycles. The molecule has 0 unspecified atom stereocenters. The average Bonchev–Trinajstić information content (AvgIpc) is 2.86. The largest absolute Gasteiger partial charge is 0.497 e. The molecule has 1 aliphatic carbocycles. The summed E-state index contributed by atoms with van der Waals surface area (Å²) >= 11 is 0. The number of ether oxygens (including phenoxy) is 2. The van der Waals surface area contributed by atoms with Crippen molar-refractivity contribution in [1.29, 1.82) is 0 Å². The number of carbonyl (C=O) groups is 1. The molecule has 90 valence electrons. The molecule has 0 spiro atoms. The number of methoxy groups -OCH3 is 1. The zero-order valence-corrected chi connectivity index (χ0v) is 9.94. The fourth-order valence-corrected chi connectivity index (χ4v) is 3.21. The van der Waals surface area contributed by atoms with Crippen LogP contribution in [0.4, 0.5) is 0 Å². The normalized spacial score (nSPS) is 31.1. The Kier molecular flexibility index (Phi) is 2.35. The molecule has 1 saturated carbocycles. The molecule has 3 heteroatoms. The van der Waals surface area contributed by atoms with Gasteiger partial charge in [-0.25, -0.2) is 0 Å². The van der Waals surface area contributed by atoms with Crippen molar-refractivity contribution >= 4 is 5.97 Å². The van der Waals surface area contributed by atoms with Gasteiger partial charge in [0.05, 0.1) is 13.5 Å². The van der Waals surface area contributed by atoms with Crippen LogP contribution in [0.1, 0.15) is 31.2 Å². The smallest absolute Gasteiger partial charge is 0.307 e. The van der Waals surface area contributed by atoms with Crippen molar-refractivity contribution in [3.8, 4) is 5.75 Å². The third-order valence-electron chi connectivity index (χ3n) is 4.05. The van der Waals surface area contributed by atoms with Gasteiger partial charge in [0.1, 0.15) is 11.4 Å². The lowest BCUT2D eigenvalue weighted by Gasteiger charge is -2.28. The Balaban J connectivity index is 1.98. The van der Waals surface area contributed by atoms with Crippen LogP contribution in [0.25, 0.3) is 0 Å². The maximum atomic E-state index is 11.5. The van der Waals surface area contributed by atoms with Crippen LogP contribution in [-0.2, 0) is 15.1 Å². The van der Waals surface area contributed by atoms with Crippen molar-refractivity contribution in [2.24, 2.45) is 5.92 Å². The predicted molar refractivity (Wildman–Crippen MR) is 62.7 cm³/mol. The lowest BCUT2D eigenvalue weighted by atomic mass is 9.84. The minimum absolute atomic E-state index is 0.0504. The van der Waals surface area contributed by atoms with Gasteiger partial charge in [-0.05, 0) is 37.0 Å². The van der Waals surface area contributed by atoms with E-state index in [2.05, 4.69) is 0 Å². The van der Waals surface area contributed by atoms with Crippen LogP contribution in [0.3, 0.4) is 0 Å². The van der Waals surface area contributed by atoms with Crippen LogP contribution in [0.15, 0.2) is 24.3 Å². The number of carbonyl (C=O) groups excluding carboxylic acids is 1. The molecule has 1 aromatic rings. The first-order valence-corrected chi connectivity index (χ1v) is 6.11. The van der Waals surface area contributed by atoms with E-state index in [0.29, 0.717) is 12.3 Å². The minimum Gasteiger partial charge on any atom is -0.497 e. The number of rotatable bonds is 2. The first kappa shape index (κ1) is 10.6. The molecular formula is C14H16O3. The van der Waals surface area contributed by atoms with E-state index in [0.717, 1.165) is 30.6 Å². The Morgan fingerprint density at radius 3 is 2.82 bits per heavy atom. The molecule has 17 heavy (non-hydrogen) atoms. The van der Waals surface area contributed by atoms with Crippen LogP contribution >= 0.6 is 0 Å².